The molecule has 0 radical (unpaired) electrons. The van der Waals surface area contributed by atoms with E-state index in [0.717, 1.165) is 23.9 Å². The maximum Gasteiger partial charge on any atom is 0.161 e. The molecule has 0 aromatic carbocycles. The SMILES string of the molecule is OC(Nc1cncc(-c2ncc3[nH]nc(-c4nc5c(-c6ccoc6)nccc5[nH]4)c3c2F)c1)C1CC1. The Hall–Kier alpha value is -4.64. The van der Waals surface area contributed by atoms with Crippen molar-refractivity contribution in [3.8, 4) is 34.0 Å². The number of halogens is 1. The van der Waals surface area contributed by atoms with Gasteiger partial charge in [0.1, 0.15) is 28.8 Å². The van der Waals surface area contributed by atoms with Crippen LogP contribution in [0.15, 0.2) is 59.9 Å². The van der Waals surface area contributed by atoms with Crippen molar-refractivity contribution in [2.24, 2.45) is 5.92 Å². The lowest BCUT2D eigenvalue weighted by molar-refractivity contribution is 0.180. The predicted molar refractivity (Wildman–Crippen MR) is 130 cm³/mol. The maximum atomic E-state index is 15.9. The number of rotatable bonds is 6. The number of furan rings is 1. The van der Waals surface area contributed by atoms with E-state index < -0.39 is 12.0 Å². The number of aromatic amines is 2. The second kappa shape index (κ2) is 7.95. The van der Waals surface area contributed by atoms with Gasteiger partial charge < -0.3 is 19.8 Å². The largest absolute Gasteiger partial charge is 0.472 e. The van der Waals surface area contributed by atoms with E-state index in [1.165, 1.54) is 12.4 Å². The molecule has 0 spiro atoms. The Kier molecular flexibility index (Phi) is 4.58. The minimum atomic E-state index is -0.655. The van der Waals surface area contributed by atoms with Crippen LogP contribution in [0.3, 0.4) is 0 Å². The summed E-state index contributed by atoms with van der Waals surface area (Å²) < 4.78 is 21.1. The summed E-state index contributed by atoms with van der Waals surface area (Å²) in [7, 11) is 0. The summed E-state index contributed by atoms with van der Waals surface area (Å²) in [6.07, 6.45) is 10.8. The topological polar surface area (TPSA) is 141 Å². The number of aliphatic hydroxyl groups excluding tert-OH is 1. The van der Waals surface area contributed by atoms with Gasteiger partial charge in [0, 0.05) is 29.4 Å². The van der Waals surface area contributed by atoms with Gasteiger partial charge in [0.15, 0.2) is 11.6 Å². The van der Waals surface area contributed by atoms with Crippen molar-refractivity contribution < 1.29 is 13.9 Å². The Bertz CT molecular complexity index is 1720. The molecule has 1 unspecified atom stereocenters. The summed E-state index contributed by atoms with van der Waals surface area (Å²) >= 11 is 0. The minimum absolute atomic E-state index is 0.124. The molecule has 1 saturated carbocycles. The number of nitrogens with one attached hydrogen (secondary N) is 3. The van der Waals surface area contributed by atoms with Crippen LogP contribution in [0.4, 0.5) is 10.1 Å². The smallest absolute Gasteiger partial charge is 0.161 e. The fourth-order valence-electron chi connectivity index (χ4n) is 4.35. The van der Waals surface area contributed by atoms with Crippen LogP contribution >= 0.6 is 0 Å². The second-order valence-electron chi connectivity index (χ2n) is 8.82. The Morgan fingerprint density at radius 3 is 2.81 bits per heavy atom. The van der Waals surface area contributed by atoms with Gasteiger partial charge in [-0.25, -0.2) is 9.37 Å². The Labute approximate surface area is 202 Å². The van der Waals surface area contributed by atoms with Crippen molar-refractivity contribution in [3.05, 3.63) is 61.3 Å². The van der Waals surface area contributed by atoms with Crippen LogP contribution in [0.1, 0.15) is 12.8 Å². The minimum Gasteiger partial charge on any atom is -0.472 e. The third kappa shape index (κ3) is 3.40. The highest BCUT2D eigenvalue weighted by atomic mass is 19.1. The van der Waals surface area contributed by atoms with Crippen molar-refractivity contribution in [2.75, 3.05) is 5.32 Å². The van der Waals surface area contributed by atoms with Gasteiger partial charge in [0.05, 0.1) is 47.0 Å². The lowest BCUT2D eigenvalue weighted by Gasteiger charge is -2.13. The third-order valence-electron chi connectivity index (χ3n) is 6.36. The molecule has 6 heterocycles. The third-order valence-corrected chi connectivity index (χ3v) is 6.36. The zero-order valence-corrected chi connectivity index (χ0v) is 18.7. The van der Waals surface area contributed by atoms with Gasteiger partial charge in [0.25, 0.3) is 0 Å². The predicted octanol–water partition coefficient (Wildman–Crippen LogP) is 4.50. The van der Waals surface area contributed by atoms with Gasteiger partial charge in [0.2, 0.25) is 0 Å². The molecular weight excluding hydrogens is 463 g/mol. The van der Waals surface area contributed by atoms with E-state index in [4.69, 9.17) is 9.40 Å². The Balaban J connectivity index is 1.32. The van der Waals surface area contributed by atoms with Crippen LogP contribution in [0.2, 0.25) is 0 Å². The molecule has 4 N–H and O–H groups in total. The first kappa shape index (κ1) is 20.7. The van der Waals surface area contributed by atoms with Crippen LogP contribution in [0.5, 0.6) is 0 Å². The number of aromatic nitrogens is 7. The first-order chi connectivity index (χ1) is 17.7. The van der Waals surface area contributed by atoms with E-state index in [2.05, 4.69) is 35.5 Å². The summed E-state index contributed by atoms with van der Waals surface area (Å²) in [5.41, 5.74) is 4.75. The fraction of sp³-hybridized carbons (Fsp3) is 0.160. The number of imidazole rings is 1. The highest BCUT2D eigenvalue weighted by Crippen LogP contribution is 2.35. The van der Waals surface area contributed by atoms with Gasteiger partial charge in [-0.15, -0.1) is 0 Å². The number of pyridine rings is 3. The van der Waals surface area contributed by atoms with Crippen LogP contribution in [-0.2, 0) is 0 Å². The first-order valence-electron chi connectivity index (χ1n) is 11.5. The number of fused-ring (bicyclic) bond motifs is 2. The van der Waals surface area contributed by atoms with E-state index in [1.807, 2.05) is 0 Å². The lowest BCUT2D eigenvalue weighted by atomic mass is 10.1. The Morgan fingerprint density at radius 1 is 1.06 bits per heavy atom. The molecule has 1 atom stereocenters. The summed E-state index contributed by atoms with van der Waals surface area (Å²) in [5.74, 6) is 0.0825. The Morgan fingerprint density at radius 2 is 1.97 bits per heavy atom. The molecule has 7 rings (SSSR count). The fourth-order valence-corrected chi connectivity index (χ4v) is 4.35. The molecule has 10 nitrogen and oxygen atoms in total. The molecule has 0 aliphatic heterocycles. The number of aliphatic hydroxyl groups is 1. The highest BCUT2D eigenvalue weighted by molar-refractivity contribution is 5.97. The molecule has 36 heavy (non-hydrogen) atoms. The molecule has 6 aromatic rings. The van der Waals surface area contributed by atoms with Crippen LogP contribution < -0.4 is 5.32 Å². The molecule has 11 heteroatoms. The van der Waals surface area contributed by atoms with Crippen molar-refractivity contribution in [3.63, 3.8) is 0 Å². The molecule has 1 aliphatic rings. The monoisotopic (exact) mass is 482 g/mol. The van der Waals surface area contributed by atoms with Gasteiger partial charge in [-0.2, -0.15) is 5.10 Å². The number of H-pyrrole nitrogens is 2. The van der Waals surface area contributed by atoms with Crippen molar-refractivity contribution >= 4 is 27.6 Å². The van der Waals surface area contributed by atoms with Crippen LogP contribution in [0, 0.1) is 11.7 Å². The quantitative estimate of drug-likeness (QED) is 0.254. The molecule has 0 amide bonds. The van der Waals surface area contributed by atoms with E-state index in [9.17, 15) is 5.11 Å². The van der Waals surface area contributed by atoms with Gasteiger partial charge >= 0.3 is 0 Å². The first-order valence-corrected chi connectivity index (χ1v) is 11.5. The highest BCUT2D eigenvalue weighted by Gasteiger charge is 2.30. The van der Waals surface area contributed by atoms with Crippen molar-refractivity contribution in [1.29, 1.82) is 0 Å². The average Bonchev–Trinajstić information content (AvgIpc) is 3.27. The zero-order valence-electron chi connectivity index (χ0n) is 18.7. The van der Waals surface area contributed by atoms with Gasteiger partial charge in [-0.3, -0.25) is 20.1 Å². The lowest BCUT2D eigenvalue weighted by Crippen LogP contribution is -2.20. The molecule has 1 aliphatic carbocycles. The van der Waals surface area contributed by atoms with E-state index in [0.29, 0.717) is 39.5 Å². The number of nitrogens with zero attached hydrogens (tertiary/aromatic N) is 5. The normalized spacial score (nSPS) is 14.5. The summed E-state index contributed by atoms with van der Waals surface area (Å²) in [4.78, 5) is 20.9. The second-order valence-corrected chi connectivity index (χ2v) is 8.82. The molecule has 0 saturated heterocycles. The van der Waals surface area contributed by atoms with Gasteiger partial charge in [-0.1, -0.05) is 0 Å². The summed E-state index contributed by atoms with van der Waals surface area (Å²) in [6, 6.07) is 5.33. The number of hydrogen-bond acceptors (Lipinski definition) is 8. The van der Waals surface area contributed by atoms with Crippen molar-refractivity contribution in [1.82, 2.24) is 35.1 Å². The summed E-state index contributed by atoms with van der Waals surface area (Å²) in [5, 5.41) is 20.7. The van der Waals surface area contributed by atoms with Crippen LogP contribution in [0.25, 0.3) is 56.0 Å². The van der Waals surface area contributed by atoms with Crippen molar-refractivity contribution in [2.45, 2.75) is 19.1 Å². The standard InChI is InChI=1S/C25H19FN8O2/c26-19-18-17(10-29-20(19)14-7-15(9-27-8-14)30-25(35)12-1-2-12)33-34-23(18)24-31-16-3-5-28-21(22(16)32-24)13-4-6-36-11-13/h3-12,25,30,35H,1-2H2,(H,31,32)(H,33,34). The maximum absolute atomic E-state index is 15.9. The molecule has 6 aromatic heterocycles. The zero-order chi connectivity index (χ0) is 24.2. The summed E-state index contributed by atoms with van der Waals surface area (Å²) in [6.45, 7) is 0. The van der Waals surface area contributed by atoms with E-state index in [-0.39, 0.29) is 17.0 Å². The van der Waals surface area contributed by atoms with Crippen LogP contribution in [-0.4, -0.2) is 46.5 Å². The van der Waals surface area contributed by atoms with Gasteiger partial charge in [-0.05, 0) is 31.0 Å². The number of anilines is 1. The molecule has 1 fully saturated rings. The average molecular weight is 482 g/mol. The van der Waals surface area contributed by atoms with E-state index in [1.54, 1.807) is 43.1 Å². The molecule has 178 valence electrons. The van der Waals surface area contributed by atoms with E-state index >= 15 is 4.39 Å². The number of hydrogen-bond donors (Lipinski definition) is 4. The molecular formula is C25H19FN8O2. The molecule has 0 bridgehead atoms.